The van der Waals surface area contributed by atoms with E-state index in [-0.39, 0.29) is 17.9 Å². The lowest BCUT2D eigenvalue weighted by molar-refractivity contribution is -0.149. The normalized spacial score (nSPS) is 23.6. The fourth-order valence-corrected chi connectivity index (χ4v) is 2.49. The van der Waals surface area contributed by atoms with Crippen molar-refractivity contribution in [3.05, 3.63) is 11.8 Å². The van der Waals surface area contributed by atoms with Gasteiger partial charge in [0.1, 0.15) is 11.7 Å². The first-order valence-electron chi connectivity index (χ1n) is 7.78. The van der Waals surface area contributed by atoms with Crippen LogP contribution in [0.25, 0.3) is 0 Å². The molecule has 0 aromatic carbocycles. The minimum atomic E-state index is -0.295. The van der Waals surface area contributed by atoms with E-state index in [2.05, 4.69) is 20.8 Å². The molecule has 4 heteroatoms. The third-order valence-corrected chi connectivity index (χ3v) is 4.08. The number of amides is 2. The number of allylic oxidation sites excluding steroid dienone is 1. The lowest BCUT2D eigenvalue weighted by atomic mass is 10.0. The van der Waals surface area contributed by atoms with Gasteiger partial charge in [-0.15, -0.1) is 0 Å². The van der Waals surface area contributed by atoms with Crippen molar-refractivity contribution in [2.24, 2.45) is 5.92 Å². The average Bonchev–Trinajstić information content (AvgIpc) is 2.44. The van der Waals surface area contributed by atoms with Gasteiger partial charge >= 0.3 is 0 Å². The summed E-state index contributed by atoms with van der Waals surface area (Å²) in [4.78, 5) is 28.4. The molecule has 0 aliphatic carbocycles. The number of carbonyl (C=O) groups excluding carboxylic acids is 2. The molecule has 114 valence electrons. The fraction of sp³-hybridized carbons (Fsp3) is 0.750. The molecule has 0 aromatic rings. The van der Waals surface area contributed by atoms with Crippen LogP contribution in [0, 0.1) is 5.92 Å². The molecule has 2 amide bonds. The molecule has 0 N–H and O–H groups in total. The molecule has 0 radical (unpaired) electrons. The van der Waals surface area contributed by atoms with Crippen molar-refractivity contribution in [2.75, 3.05) is 13.6 Å². The van der Waals surface area contributed by atoms with Gasteiger partial charge < -0.3 is 9.80 Å². The van der Waals surface area contributed by atoms with Gasteiger partial charge in [-0.3, -0.25) is 9.59 Å². The lowest BCUT2D eigenvalue weighted by Gasteiger charge is -2.39. The minimum Gasteiger partial charge on any atom is -0.328 e. The second kappa shape index (κ2) is 7.46. The van der Waals surface area contributed by atoms with Gasteiger partial charge in [0.05, 0.1) is 0 Å². The summed E-state index contributed by atoms with van der Waals surface area (Å²) in [6.45, 7) is 8.74. The Balaban J connectivity index is 3.05. The highest BCUT2D eigenvalue weighted by atomic mass is 16.2. The highest BCUT2D eigenvalue weighted by Gasteiger charge is 2.39. The van der Waals surface area contributed by atoms with Crippen LogP contribution in [0.2, 0.25) is 0 Å². The smallest absolute Gasteiger partial charge is 0.270 e. The molecule has 1 fully saturated rings. The standard InChI is InChI=1S/C16H28N2O2/c1-6-9-10-13-16(20)18(8-3)14(11-12(4)7-2)15(19)17(13)5/h11-13H,6-10H2,1-5H3. The summed E-state index contributed by atoms with van der Waals surface area (Å²) in [5.41, 5.74) is 0.557. The summed E-state index contributed by atoms with van der Waals surface area (Å²) in [7, 11) is 1.75. The highest BCUT2D eigenvalue weighted by molar-refractivity contribution is 6.04. The van der Waals surface area contributed by atoms with Gasteiger partial charge in [-0.05, 0) is 19.3 Å². The second-order valence-corrected chi connectivity index (χ2v) is 5.59. The summed E-state index contributed by atoms with van der Waals surface area (Å²) in [6.07, 6.45) is 5.66. The van der Waals surface area contributed by atoms with Crippen LogP contribution in [-0.4, -0.2) is 41.2 Å². The van der Waals surface area contributed by atoms with Crippen LogP contribution in [0.1, 0.15) is 53.4 Å². The zero-order chi connectivity index (χ0) is 15.3. The predicted octanol–water partition coefficient (Wildman–Crippen LogP) is 2.80. The Labute approximate surface area is 122 Å². The number of hydrogen-bond donors (Lipinski definition) is 0. The number of piperazine rings is 1. The van der Waals surface area contributed by atoms with E-state index >= 15 is 0 Å². The van der Waals surface area contributed by atoms with Crippen molar-refractivity contribution in [3.8, 4) is 0 Å². The van der Waals surface area contributed by atoms with Crippen LogP contribution in [0.5, 0.6) is 0 Å². The van der Waals surface area contributed by atoms with E-state index < -0.39 is 0 Å². The molecule has 2 unspecified atom stereocenters. The molecule has 1 aliphatic rings. The number of hydrogen-bond acceptors (Lipinski definition) is 2. The number of carbonyl (C=O) groups is 2. The summed E-state index contributed by atoms with van der Waals surface area (Å²) < 4.78 is 0. The van der Waals surface area contributed by atoms with Crippen molar-refractivity contribution >= 4 is 11.8 Å². The van der Waals surface area contributed by atoms with Gasteiger partial charge in [0.15, 0.2) is 0 Å². The van der Waals surface area contributed by atoms with E-state index in [0.29, 0.717) is 18.2 Å². The Hall–Kier alpha value is -1.32. The van der Waals surface area contributed by atoms with E-state index in [0.717, 1.165) is 25.7 Å². The maximum Gasteiger partial charge on any atom is 0.270 e. The van der Waals surface area contributed by atoms with Crippen LogP contribution in [0.15, 0.2) is 11.8 Å². The predicted molar refractivity (Wildman–Crippen MR) is 81.0 cm³/mol. The first kappa shape index (κ1) is 16.7. The Kier molecular flexibility index (Phi) is 6.24. The average molecular weight is 280 g/mol. The molecule has 2 atom stereocenters. The minimum absolute atomic E-state index is 0.0205. The van der Waals surface area contributed by atoms with E-state index in [4.69, 9.17) is 0 Å². The fourth-order valence-electron chi connectivity index (χ4n) is 2.49. The summed E-state index contributed by atoms with van der Waals surface area (Å²) in [5, 5.41) is 0. The van der Waals surface area contributed by atoms with Crippen LogP contribution in [-0.2, 0) is 9.59 Å². The lowest BCUT2D eigenvalue weighted by Crippen LogP contribution is -2.57. The molecule has 1 heterocycles. The SMILES string of the molecule is CCCCC1C(=O)N(CC)C(=CC(C)CC)C(=O)N1C. The zero-order valence-corrected chi connectivity index (χ0v) is 13.5. The maximum atomic E-state index is 12.6. The number of likely N-dealkylation sites (N-methyl/N-ethyl adjacent to an activating group) is 2. The third-order valence-electron chi connectivity index (χ3n) is 4.08. The Morgan fingerprint density at radius 1 is 1.25 bits per heavy atom. The summed E-state index contributed by atoms with van der Waals surface area (Å²) in [6, 6.07) is -0.295. The number of rotatable bonds is 6. The van der Waals surface area contributed by atoms with Crippen molar-refractivity contribution < 1.29 is 9.59 Å². The highest BCUT2D eigenvalue weighted by Crippen LogP contribution is 2.24. The first-order chi connectivity index (χ1) is 9.47. The molecule has 0 aromatic heterocycles. The third kappa shape index (κ3) is 3.41. The van der Waals surface area contributed by atoms with Gasteiger partial charge in [-0.25, -0.2) is 0 Å². The molecule has 1 aliphatic heterocycles. The molecule has 20 heavy (non-hydrogen) atoms. The topological polar surface area (TPSA) is 40.6 Å². The van der Waals surface area contributed by atoms with Gasteiger partial charge in [-0.2, -0.15) is 0 Å². The van der Waals surface area contributed by atoms with Gasteiger partial charge in [0, 0.05) is 13.6 Å². The molecular formula is C16H28N2O2. The molecular weight excluding hydrogens is 252 g/mol. The second-order valence-electron chi connectivity index (χ2n) is 5.59. The van der Waals surface area contributed by atoms with Crippen LogP contribution in [0.3, 0.4) is 0 Å². The van der Waals surface area contributed by atoms with Crippen molar-refractivity contribution in [1.82, 2.24) is 9.80 Å². The summed E-state index contributed by atoms with van der Waals surface area (Å²) in [5.74, 6) is 0.349. The Morgan fingerprint density at radius 3 is 2.40 bits per heavy atom. The number of nitrogens with zero attached hydrogens (tertiary/aromatic N) is 2. The molecule has 0 spiro atoms. The van der Waals surface area contributed by atoms with Gasteiger partial charge in [-0.1, -0.05) is 46.1 Å². The van der Waals surface area contributed by atoms with Crippen molar-refractivity contribution in [3.63, 3.8) is 0 Å². The largest absolute Gasteiger partial charge is 0.328 e. The molecule has 0 saturated carbocycles. The van der Waals surface area contributed by atoms with Crippen LogP contribution >= 0.6 is 0 Å². The van der Waals surface area contributed by atoms with E-state index in [9.17, 15) is 9.59 Å². The quantitative estimate of drug-likeness (QED) is 0.702. The van der Waals surface area contributed by atoms with E-state index in [1.807, 2.05) is 13.0 Å². The van der Waals surface area contributed by atoms with Crippen molar-refractivity contribution in [1.29, 1.82) is 0 Å². The molecule has 0 bridgehead atoms. The van der Waals surface area contributed by atoms with Crippen LogP contribution in [0.4, 0.5) is 0 Å². The van der Waals surface area contributed by atoms with E-state index in [1.165, 1.54) is 0 Å². The van der Waals surface area contributed by atoms with Gasteiger partial charge in [0.25, 0.3) is 5.91 Å². The first-order valence-corrected chi connectivity index (χ1v) is 7.78. The molecule has 4 nitrogen and oxygen atoms in total. The monoisotopic (exact) mass is 280 g/mol. The molecule has 1 rings (SSSR count). The van der Waals surface area contributed by atoms with E-state index in [1.54, 1.807) is 16.8 Å². The zero-order valence-electron chi connectivity index (χ0n) is 13.5. The van der Waals surface area contributed by atoms with Crippen LogP contribution < -0.4 is 0 Å². The summed E-state index contributed by atoms with van der Waals surface area (Å²) >= 11 is 0. The van der Waals surface area contributed by atoms with Gasteiger partial charge in [0.2, 0.25) is 5.91 Å². The molecule has 1 saturated heterocycles. The van der Waals surface area contributed by atoms with Crippen molar-refractivity contribution in [2.45, 2.75) is 59.4 Å². The Morgan fingerprint density at radius 2 is 1.90 bits per heavy atom. The number of unbranched alkanes of at least 4 members (excludes halogenated alkanes) is 1. The maximum absolute atomic E-state index is 12.6. The Bertz CT molecular complexity index is 390.